The van der Waals surface area contributed by atoms with Crippen molar-refractivity contribution < 1.29 is 13.2 Å². The molecule has 0 amide bonds. The van der Waals surface area contributed by atoms with Gasteiger partial charge in [-0.1, -0.05) is 36.4 Å². The monoisotopic (exact) mass is 454 g/mol. The second kappa shape index (κ2) is 9.42. The number of oxazole rings is 1. The molecule has 0 aliphatic carbocycles. The maximum Gasteiger partial charge on any atom is 0.295 e. The van der Waals surface area contributed by atoms with Crippen molar-refractivity contribution >= 4 is 34.3 Å². The zero-order valence-electron chi connectivity index (χ0n) is 17.0. The lowest BCUT2D eigenvalue weighted by atomic mass is 10.0. The number of nitrogens with zero attached hydrogens (tertiary/aromatic N) is 2. The van der Waals surface area contributed by atoms with E-state index in [1.165, 1.54) is 0 Å². The minimum absolute atomic E-state index is 0.140. The fourth-order valence-corrected chi connectivity index (χ4v) is 4.28. The molecule has 3 N–H and O–H groups in total. The molecule has 2 heterocycles. The van der Waals surface area contributed by atoms with Gasteiger partial charge in [0.1, 0.15) is 0 Å². The minimum Gasteiger partial charge on any atom is -0.424 e. The predicted molar refractivity (Wildman–Crippen MR) is 124 cm³/mol. The maximum absolute atomic E-state index is 10.9. The number of rotatable bonds is 8. The number of thiazole rings is 1. The highest BCUT2D eigenvalue weighted by Crippen LogP contribution is 2.29. The maximum atomic E-state index is 10.9. The van der Waals surface area contributed by atoms with E-state index < -0.39 is 11.3 Å². The number of hydrogen-bond acceptors (Lipinski definition) is 6. The van der Waals surface area contributed by atoms with Gasteiger partial charge in [0.2, 0.25) is 0 Å². The Morgan fingerprint density at radius 3 is 2.61 bits per heavy atom. The van der Waals surface area contributed by atoms with Crippen LogP contribution in [-0.2, 0) is 17.7 Å². The molecule has 2 atom stereocenters. The van der Waals surface area contributed by atoms with Gasteiger partial charge in [-0.05, 0) is 43.5 Å². The van der Waals surface area contributed by atoms with Crippen molar-refractivity contribution in [2.75, 3.05) is 10.0 Å². The van der Waals surface area contributed by atoms with Crippen LogP contribution < -0.4 is 10.0 Å². The van der Waals surface area contributed by atoms with Crippen LogP contribution in [0.4, 0.5) is 11.7 Å². The Kier molecular flexibility index (Phi) is 6.45. The third-order valence-corrected chi connectivity index (χ3v) is 6.01. The molecule has 0 radical (unpaired) electrons. The van der Waals surface area contributed by atoms with E-state index in [4.69, 9.17) is 8.97 Å². The first kappa shape index (κ1) is 21.2. The van der Waals surface area contributed by atoms with Crippen LogP contribution in [0.15, 0.2) is 64.5 Å². The van der Waals surface area contributed by atoms with Crippen molar-refractivity contribution in [3.63, 3.8) is 0 Å². The van der Waals surface area contributed by atoms with E-state index in [-0.39, 0.29) is 6.04 Å². The lowest BCUT2D eigenvalue weighted by Gasteiger charge is -2.16. The van der Waals surface area contributed by atoms with Crippen molar-refractivity contribution in [3.05, 3.63) is 81.9 Å². The van der Waals surface area contributed by atoms with Gasteiger partial charge in [-0.2, -0.15) is 0 Å². The average molecular weight is 455 g/mol. The summed E-state index contributed by atoms with van der Waals surface area (Å²) in [7, 11) is 0. The van der Waals surface area contributed by atoms with Crippen molar-refractivity contribution in [1.82, 2.24) is 9.97 Å². The van der Waals surface area contributed by atoms with Crippen LogP contribution in [0, 0.1) is 13.8 Å². The van der Waals surface area contributed by atoms with Crippen molar-refractivity contribution in [2.45, 2.75) is 26.3 Å². The largest absolute Gasteiger partial charge is 0.424 e. The van der Waals surface area contributed by atoms with Gasteiger partial charge < -0.3 is 9.73 Å². The molecule has 7 nitrogen and oxygen atoms in total. The minimum atomic E-state index is -2.09. The van der Waals surface area contributed by atoms with E-state index in [1.54, 1.807) is 29.7 Å². The third kappa shape index (κ3) is 5.38. The first-order valence-electron chi connectivity index (χ1n) is 9.65. The summed E-state index contributed by atoms with van der Waals surface area (Å²) in [5.74, 6) is 0.709. The molecule has 2 aromatic heterocycles. The summed E-state index contributed by atoms with van der Waals surface area (Å²) in [5.41, 5.74) is 4.66. The van der Waals surface area contributed by atoms with Gasteiger partial charge in [-0.25, -0.2) is 14.2 Å². The molecule has 9 heteroatoms. The number of anilines is 2. The highest BCUT2D eigenvalue weighted by atomic mass is 32.2. The summed E-state index contributed by atoms with van der Waals surface area (Å²) >= 11 is -0.501. The first-order valence-corrected chi connectivity index (χ1v) is 11.6. The Bertz CT molecular complexity index is 1190. The number of aromatic nitrogens is 2. The summed E-state index contributed by atoms with van der Waals surface area (Å²) < 4.78 is 28.3. The van der Waals surface area contributed by atoms with E-state index in [1.807, 2.05) is 55.6 Å². The van der Waals surface area contributed by atoms with Crippen LogP contribution in [0.1, 0.15) is 27.9 Å². The van der Waals surface area contributed by atoms with Crippen molar-refractivity contribution in [1.29, 1.82) is 0 Å². The normalized spacial score (nSPS) is 13.0. The molecular weight excluding hydrogens is 432 g/mol. The molecule has 0 bridgehead atoms. The van der Waals surface area contributed by atoms with E-state index in [0.29, 0.717) is 23.9 Å². The van der Waals surface area contributed by atoms with Crippen LogP contribution in [0.3, 0.4) is 0 Å². The molecule has 2 aromatic carbocycles. The van der Waals surface area contributed by atoms with Gasteiger partial charge in [-0.15, -0.1) is 11.3 Å². The third-order valence-electron chi connectivity index (χ3n) is 4.81. The lowest BCUT2D eigenvalue weighted by Crippen LogP contribution is -2.14. The molecule has 0 fully saturated rings. The van der Waals surface area contributed by atoms with Gasteiger partial charge in [0.05, 0.1) is 22.9 Å². The summed E-state index contributed by atoms with van der Waals surface area (Å²) in [5, 5.41) is 6.39. The summed E-state index contributed by atoms with van der Waals surface area (Å²) in [6.07, 6.45) is 2.37. The second-order valence-corrected chi connectivity index (χ2v) is 8.85. The van der Waals surface area contributed by atoms with Crippen LogP contribution in [-0.4, -0.2) is 18.7 Å². The molecule has 0 spiro atoms. The SMILES string of the molecule is Cc1nc([C@H](Cc2ccc(NS(=O)O)cc2)Nc2ncc(-c3ccccc3C)o2)cs1. The van der Waals surface area contributed by atoms with Gasteiger partial charge in [-0.3, -0.25) is 9.27 Å². The second-order valence-electron chi connectivity index (χ2n) is 7.09. The number of hydrogen-bond donors (Lipinski definition) is 3. The van der Waals surface area contributed by atoms with Crippen LogP contribution in [0.2, 0.25) is 0 Å². The van der Waals surface area contributed by atoms with Gasteiger partial charge in [0.15, 0.2) is 5.76 Å². The average Bonchev–Trinajstić information content (AvgIpc) is 3.38. The summed E-state index contributed by atoms with van der Waals surface area (Å²) in [6.45, 7) is 4.01. The predicted octanol–water partition coefficient (Wildman–Crippen LogP) is 5.36. The molecule has 160 valence electrons. The highest BCUT2D eigenvalue weighted by Gasteiger charge is 2.19. The Balaban J connectivity index is 1.55. The van der Waals surface area contributed by atoms with E-state index in [0.717, 1.165) is 27.4 Å². The van der Waals surface area contributed by atoms with Gasteiger partial charge >= 0.3 is 0 Å². The fourth-order valence-electron chi connectivity index (χ4n) is 3.28. The zero-order valence-corrected chi connectivity index (χ0v) is 18.7. The Morgan fingerprint density at radius 1 is 1.16 bits per heavy atom. The molecule has 0 saturated heterocycles. The standard InChI is InChI=1S/C22H22N4O3S2/c1-14-5-3-4-6-18(14)21-12-23-22(29-21)25-19(20-13-30-15(2)24-20)11-16-7-9-17(10-8-16)26-31(27)28/h3-10,12-13,19,26H,11H2,1-2H3,(H,23,25)(H,27,28)/t19-/m0/s1. The van der Waals surface area contributed by atoms with E-state index in [9.17, 15) is 4.21 Å². The Labute approximate surface area is 187 Å². The quantitative estimate of drug-likeness (QED) is 0.310. The van der Waals surface area contributed by atoms with Crippen molar-refractivity contribution in [3.8, 4) is 11.3 Å². The van der Waals surface area contributed by atoms with Crippen LogP contribution in [0.25, 0.3) is 11.3 Å². The lowest BCUT2D eigenvalue weighted by molar-refractivity contribution is 0.567. The molecule has 1 unspecified atom stereocenters. The van der Waals surface area contributed by atoms with E-state index >= 15 is 0 Å². The van der Waals surface area contributed by atoms with Gasteiger partial charge in [0, 0.05) is 16.6 Å². The Morgan fingerprint density at radius 2 is 1.94 bits per heavy atom. The van der Waals surface area contributed by atoms with E-state index in [2.05, 4.69) is 20.0 Å². The molecule has 0 aliphatic rings. The summed E-state index contributed by atoms with van der Waals surface area (Å²) in [6, 6.07) is 15.7. The van der Waals surface area contributed by atoms with Crippen LogP contribution in [0.5, 0.6) is 0 Å². The topological polar surface area (TPSA) is 100 Å². The van der Waals surface area contributed by atoms with Crippen molar-refractivity contribution in [2.24, 2.45) is 0 Å². The summed E-state index contributed by atoms with van der Waals surface area (Å²) in [4.78, 5) is 9.06. The zero-order chi connectivity index (χ0) is 21.8. The molecule has 4 aromatic rings. The number of aryl methyl sites for hydroxylation is 2. The molecule has 31 heavy (non-hydrogen) atoms. The Hall–Kier alpha value is -3.01. The molecular formula is C22H22N4O3S2. The molecule has 4 rings (SSSR count). The molecule has 0 saturated carbocycles. The van der Waals surface area contributed by atoms with Gasteiger partial charge in [0.25, 0.3) is 17.3 Å². The number of benzene rings is 2. The first-order chi connectivity index (χ1) is 15.0. The van der Waals surface area contributed by atoms with Crippen LogP contribution >= 0.6 is 11.3 Å². The molecule has 0 aliphatic heterocycles. The fraction of sp³-hybridized carbons (Fsp3) is 0.182. The smallest absolute Gasteiger partial charge is 0.295 e. The number of nitrogens with one attached hydrogen (secondary N) is 2. The highest BCUT2D eigenvalue weighted by molar-refractivity contribution is 7.80.